The molecule has 5 aliphatic carbocycles. The summed E-state index contributed by atoms with van der Waals surface area (Å²) in [4.78, 5) is 0. The van der Waals surface area contributed by atoms with Crippen LogP contribution in [0, 0.1) is 23.2 Å². The van der Waals surface area contributed by atoms with E-state index in [0.29, 0.717) is 5.41 Å². The molecular weight excluding hydrogens is 192 g/mol. The minimum atomic E-state index is 0.645. The molecule has 0 heterocycles. The monoisotopic (exact) mass is 214 g/mol. The van der Waals surface area contributed by atoms with Crippen molar-refractivity contribution in [2.24, 2.45) is 23.2 Å². The van der Waals surface area contributed by atoms with Crippen LogP contribution in [0.15, 0.2) is 23.3 Å². The minimum Gasteiger partial charge on any atom is -0.0775 e. The largest absolute Gasteiger partial charge is 0.0775 e. The van der Waals surface area contributed by atoms with Gasteiger partial charge in [-0.3, -0.25) is 0 Å². The number of hydrogen-bond donors (Lipinski definition) is 0. The molecule has 0 aliphatic heterocycles. The van der Waals surface area contributed by atoms with Gasteiger partial charge in [-0.15, -0.1) is 0 Å². The molecule has 0 radical (unpaired) electrons. The highest BCUT2D eigenvalue weighted by Crippen LogP contribution is 2.64. The average molecular weight is 214 g/mol. The molecule has 0 spiro atoms. The van der Waals surface area contributed by atoms with Crippen LogP contribution in [0.3, 0.4) is 0 Å². The summed E-state index contributed by atoms with van der Waals surface area (Å²) in [5, 5.41) is 0. The van der Waals surface area contributed by atoms with E-state index in [1.54, 1.807) is 30.4 Å². The Morgan fingerprint density at radius 3 is 1.94 bits per heavy atom. The van der Waals surface area contributed by atoms with Gasteiger partial charge in [-0.2, -0.15) is 0 Å². The normalized spacial score (nSPS) is 49.4. The van der Waals surface area contributed by atoms with Crippen molar-refractivity contribution in [3.63, 3.8) is 0 Å². The van der Waals surface area contributed by atoms with E-state index in [2.05, 4.69) is 19.1 Å². The van der Waals surface area contributed by atoms with Crippen molar-refractivity contribution < 1.29 is 0 Å². The standard InChI is InChI=1S/C16H22/c1-11-3-2-4-15(11)16-8-12-5-13(9-16)7-14(6-12)10-16/h3-4,12-14H,2,5-10H2,1H3. The van der Waals surface area contributed by atoms with Crippen LogP contribution in [-0.4, -0.2) is 0 Å². The van der Waals surface area contributed by atoms with Crippen LogP contribution in [0.4, 0.5) is 0 Å². The zero-order valence-electron chi connectivity index (χ0n) is 10.3. The van der Waals surface area contributed by atoms with Crippen LogP contribution in [-0.2, 0) is 0 Å². The molecule has 86 valence electrons. The van der Waals surface area contributed by atoms with E-state index in [4.69, 9.17) is 0 Å². The zero-order chi connectivity index (χ0) is 10.8. The Kier molecular flexibility index (Phi) is 1.80. The first kappa shape index (κ1) is 9.50. The van der Waals surface area contributed by atoms with Crippen molar-refractivity contribution in [3.8, 4) is 0 Å². The molecule has 0 aromatic rings. The van der Waals surface area contributed by atoms with E-state index in [1.807, 2.05) is 0 Å². The number of rotatable bonds is 1. The van der Waals surface area contributed by atoms with Crippen LogP contribution >= 0.6 is 0 Å². The van der Waals surface area contributed by atoms with Crippen molar-refractivity contribution in [3.05, 3.63) is 23.3 Å². The fourth-order valence-electron chi connectivity index (χ4n) is 5.70. The van der Waals surface area contributed by atoms with E-state index in [0.717, 1.165) is 17.8 Å². The van der Waals surface area contributed by atoms with Crippen LogP contribution in [0.2, 0.25) is 0 Å². The van der Waals surface area contributed by atoms with Gasteiger partial charge in [-0.05, 0) is 80.6 Å². The lowest BCUT2D eigenvalue weighted by Gasteiger charge is -2.57. The zero-order valence-corrected chi connectivity index (χ0v) is 10.3. The summed E-state index contributed by atoms with van der Waals surface area (Å²) in [5.41, 5.74) is 4.03. The highest BCUT2D eigenvalue weighted by Gasteiger charge is 2.52. The Bertz CT molecular complexity index is 348. The van der Waals surface area contributed by atoms with Gasteiger partial charge < -0.3 is 0 Å². The lowest BCUT2D eigenvalue weighted by Crippen LogP contribution is -2.46. The Balaban J connectivity index is 1.74. The summed E-state index contributed by atoms with van der Waals surface area (Å²) in [5.74, 6) is 3.25. The van der Waals surface area contributed by atoms with Gasteiger partial charge in [0.1, 0.15) is 0 Å². The lowest BCUT2D eigenvalue weighted by atomic mass is 9.47. The van der Waals surface area contributed by atoms with Crippen molar-refractivity contribution >= 4 is 0 Å². The Labute approximate surface area is 98.8 Å². The molecule has 0 atom stereocenters. The van der Waals surface area contributed by atoms with E-state index in [9.17, 15) is 0 Å². The second kappa shape index (κ2) is 3.03. The van der Waals surface area contributed by atoms with Gasteiger partial charge in [0.25, 0.3) is 0 Å². The van der Waals surface area contributed by atoms with Crippen LogP contribution in [0.1, 0.15) is 51.9 Å². The molecule has 16 heavy (non-hydrogen) atoms. The third-order valence-electron chi connectivity index (χ3n) is 5.78. The van der Waals surface area contributed by atoms with E-state index in [1.165, 1.54) is 25.7 Å². The Morgan fingerprint density at radius 2 is 1.50 bits per heavy atom. The van der Waals surface area contributed by atoms with Gasteiger partial charge in [0.05, 0.1) is 0 Å². The van der Waals surface area contributed by atoms with Crippen LogP contribution in [0.5, 0.6) is 0 Å². The predicted octanol–water partition coefficient (Wildman–Crippen LogP) is 4.48. The maximum atomic E-state index is 2.54. The van der Waals surface area contributed by atoms with Gasteiger partial charge in [-0.25, -0.2) is 0 Å². The van der Waals surface area contributed by atoms with Gasteiger partial charge in [0.2, 0.25) is 0 Å². The first-order chi connectivity index (χ1) is 7.75. The molecular formula is C16H22. The van der Waals surface area contributed by atoms with E-state index >= 15 is 0 Å². The van der Waals surface area contributed by atoms with Gasteiger partial charge >= 0.3 is 0 Å². The van der Waals surface area contributed by atoms with Crippen LogP contribution < -0.4 is 0 Å². The first-order valence-electron chi connectivity index (χ1n) is 7.13. The van der Waals surface area contributed by atoms with Crippen molar-refractivity contribution in [1.29, 1.82) is 0 Å². The number of hydrogen-bond acceptors (Lipinski definition) is 0. The SMILES string of the molecule is CC1=CCC=C1C12CC3CC(CC(C3)C1)C2. The average Bonchev–Trinajstić information content (AvgIpc) is 2.62. The van der Waals surface area contributed by atoms with Gasteiger partial charge in [0.15, 0.2) is 0 Å². The van der Waals surface area contributed by atoms with Crippen molar-refractivity contribution in [2.75, 3.05) is 0 Å². The molecule has 5 aliphatic rings. The third kappa shape index (κ3) is 1.16. The second-order valence-corrected chi connectivity index (χ2v) is 6.94. The summed E-state index contributed by atoms with van der Waals surface area (Å²) in [6.45, 7) is 2.34. The first-order valence-corrected chi connectivity index (χ1v) is 7.13. The van der Waals surface area contributed by atoms with Gasteiger partial charge in [-0.1, -0.05) is 17.7 Å². The molecule has 0 heteroatoms. The molecule has 0 nitrogen and oxygen atoms in total. The highest BCUT2D eigenvalue weighted by atomic mass is 14.6. The molecule has 0 amide bonds. The number of allylic oxidation sites excluding steroid dienone is 4. The molecule has 0 saturated heterocycles. The van der Waals surface area contributed by atoms with E-state index in [-0.39, 0.29) is 0 Å². The molecule has 0 aromatic carbocycles. The van der Waals surface area contributed by atoms with Crippen molar-refractivity contribution in [2.45, 2.75) is 51.9 Å². The topological polar surface area (TPSA) is 0 Å². The highest BCUT2D eigenvalue weighted by molar-refractivity contribution is 5.42. The van der Waals surface area contributed by atoms with Gasteiger partial charge in [0, 0.05) is 0 Å². The quantitative estimate of drug-likeness (QED) is 0.603. The Hall–Kier alpha value is -0.520. The fourth-order valence-corrected chi connectivity index (χ4v) is 5.70. The molecule has 0 unspecified atom stereocenters. The molecule has 0 aromatic heterocycles. The molecule has 4 fully saturated rings. The molecule has 4 bridgehead atoms. The summed E-state index contributed by atoms with van der Waals surface area (Å²) < 4.78 is 0. The summed E-state index contributed by atoms with van der Waals surface area (Å²) in [7, 11) is 0. The summed E-state index contributed by atoms with van der Waals surface area (Å²) >= 11 is 0. The maximum absolute atomic E-state index is 2.54. The van der Waals surface area contributed by atoms with E-state index < -0.39 is 0 Å². The smallest absolute Gasteiger partial charge is 0.00396 e. The molecule has 0 N–H and O–H groups in total. The summed E-state index contributed by atoms with van der Waals surface area (Å²) in [6, 6.07) is 0. The van der Waals surface area contributed by atoms with Crippen LogP contribution in [0.25, 0.3) is 0 Å². The summed E-state index contributed by atoms with van der Waals surface area (Å²) in [6.07, 6.45) is 15.5. The third-order valence-corrected chi connectivity index (χ3v) is 5.78. The Morgan fingerprint density at radius 1 is 0.938 bits per heavy atom. The van der Waals surface area contributed by atoms with Crippen molar-refractivity contribution in [1.82, 2.24) is 0 Å². The fraction of sp³-hybridized carbons (Fsp3) is 0.750. The lowest BCUT2D eigenvalue weighted by molar-refractivity contribution is -0.0291. The maximum Gasteiger partial charge on any atom is -0.00396 e. The second-order valence-electron chi connectivity index (χ2n) is 6.94. The predicted molar refractivity (Wildman–Crippen MR) is 67.1 cm³/mol. The minimum absolute atomic E-state index is 0.645. The molecule has 4 saturated carbocycles. The molecule has 5 rings (SSSR count).